The van der Waals surface area contributed by atoms with Crippen molar-refractivity contribution in [2.75, 3.05) is 5.32 Å². The molecule has 0 aliphatic carbocycles. The molecule has 0 amide bonds. The molecule has 4 nitrogen and oxygen atoms in total. The van der Waals surface area contributed by atoms with Crippen LogP contribution in [0.1, 0.15) is 5.89 Å². The molecule has 7 heteroatoms. The molecule has 1 aromatic carbocycles. The van der Waals surface area contributed by atoms with Gasteiger partial charge >= 0.3 is 6.01 Å². The van der Waals surface area contributed by atoms with Crippen molar-refractivity contribution in [2.45, 2.75) is 5.88 Å². The third kappa shape index (κ3) is 2.66. The summed E-state index contributed by atoms with van der Waals surface area (Å²) in [4.78, 5) is 0. The fraction of sp³-hybridized carbons (Fsp3) is 0.111. The van der Waals surface area contributed by atoms with Gasteiger partial charge in [-0.05, 0) is 18.2 Å². The van der Waals surface area contributed by atoms with Crippen molar-refractivity contribution in [3.63, 3.8) is 0 Å². The van der Waals surface area contributed by atoms with Gasteiger partial charge in [-0.1, -0.05) is 32.6 Å². The van der Waals surface area contributed by atoms with Gasteiger partial charge in [-0.25, -0.2) is 0 Å². The number of aromatic nitrogens is 2. The minimum absolute atomic E-state index is 0.183. The predicted octanol–water partition coefficient (Wildman–Crippen LogP) is 3.97. The second-order valence-corrected chi connectivity index (χ2v) is 4.47. The molecule has 16 heavy (non-hydrogen) atoms. The molecule has 0 saturated carbocycles. The summed E-state index contributed by atoms with van der Waals surface area (Å²) in [6.45, 7) is 0. The number of anilines is 2. The molecule has 0 aliphatic rings. The van der Waals surface area contributed by atoms with Crippen LogP contribution in [0, 0.1) is 0 Å². The molecule has 0 saturated heterocycles. The van der Waals surface area contributed by atoms with Gasteiger partial charge in [-0.3, -0.25) is 0 Å². The highest BCUT2D eigenvalue weighted by molar-refractivity contribution is 9.10. The zero-order valence-corrected chi connectivity index (χ0v) is 11.0. The lowest BCUT2D eigenvalue weighted by molar-refractivity contribution is 0.530. The number of alkyl halides is 1. The molecular formula is C9H6BrCl2N3O. The first-order valence-electron chi connectivity index (χ1n) is 4.29. The number of benzene rings is 1. The largest absolute Gasteiger partial charge is 0.407 e. The van der Waals surface area contributed by atoms with Crippen LogP contribution in [0.5, 0.6) is 0 Å². The summed E-state index contributed by atoms with van der Waals surface area (Å²) in [6, 6.07) is 5.69. The van der Waals surface area contributed by atoms with Gasteiger partial charge in [-0.2, -0.15) is 0 Å². The third-order valence-electron chi connectivity index (χ3n) is 1.75. The van der Waals surface area contributed by atoms with Gasteiger partial charge in [0.25, 0.3) is 0 Å². The van der Waals surface area contributed by atoms with Crippen LogP contribution in [-0.2, 0) is 5.88 Å². The normalized spacial score (nSPS) is 10.4. The highest BCUT2D eigenvalue weighted by Crippen LogP contribution is 2.27. The Morgan fingerprint density at radius 3 is 2.81 bits per heavy atom. The van der Waals surface area contributed by atoms with E-state index in [1.54, 1.807) is 12.1 Å². The van der Waals surface area contributed by atoms with Crippen molar-refractivity contribution in [1.82, 2.24) is 10.2 Å². The minimum atomic E-state index is 0.183. The summed E-state index contributed by atoms with van der Waals surface area (Å²) in [5.41, 5.74) is 0.689. The molecule has 0 unspecified atom stereocenters. The lowest BCUT2D eigenvalue weighted by Gasteiger charge is -2.03. The zero-order valence-electron chi connectivity index (χ0n) is 7.88. The van der Waals surface area contributed by atoms with Gasteiger partial charge in [0.05, 0.1) is 10.7 Å². The molecule has 0 radical (unpaired) electrons. The second kappa shape index (κ2) is 5.03. The lowest BCUT2D eigenvalue weighted by atomic mass is 10.3. The van der Waals surface area contributed by atoms with Crippen molar-refractivity contribution in [3.05, 3.63) is 33.6 Å². The van der Waals surface area contributed by atoms with E-state index in [9.17, 15) is 0 Å². The summed E-state index contributed by atoms with van der Waals surface area (Å²) in [7, 11) is 0. The van der Waals surface area contributed by atoms with Crippen LogP contribution in [0.4, 0.5) is 11.7 Å². The molecule has 2 aromatic rings. The molecular weight excluding hydrogens is 317 g/mol. The molecule has 0 spiro atoms. The number of hydrogen-bond donors (Lipinski definition) is 1. The van der Waals surface area contributed by atoms with Crippen LogP contribution in [0.3, 0.4) is 0 Å². The van der Waals surface area contributed by atoms with Crippen LogP contribution in [-0.4, -0.2) is 10.2 Å². The quantitative estimate of drug-likeness (QED) is 0.869. The summed E-state index contributed by atoms with van der Waals surface area (Å²) in [6.07, 6.45) is 0. The van der Waals surface area contributed by atoms with E-state index in [4.69, 9.17) is 27.6 Å². The third-order valence-corrected chi connectivity index (χ3v) is 2.79. The molecule has 0 fully saturated rings. The Bertz CT molecular complexity index is 503. The van der Waals surface area contributed by atoms with Crippen molar-refractivity contribution in [1.29, 1.82) is 0 Å². The van der Waals surface area contributed by atoms with Crippen LogP contribution in [0.2, 0.25) is 5.02 Å². The fourth-order valence-corrected chi connectivity index (χ4v) is 1.89. The van der Waals surface area contributed by atoms with Gasteiger partial charge in [0.15, 0.2) is 0 Å². The molecule has 1 aromatic heterocycles. The SMILES string of the molecule is ClCc1nnc(Nc2ccc(Br)cc2Cl)o1. The summed E-state index contributed by atoms with van der Waals surface area (Å²) in [5.74, 6) is 0.542. The van der Waals surface area contributed by atoms with Crippen LogP contribution in [0.15, 0.2) is 27.1 Å². The van der Waals surface area contributed by atoms with Crippen LogP contribution < -0.4 is 5.32 Å². The van der Waals surface area contributed by atoms with Crippen LogP contribution in [0.25, 0.3) is 0 Å². The molecule has 0 bridgehead atoms. The molecule has 0 aliphatic heterocycles. The van der Waals surface area contributed by atoms with Gasteiger partial charge in [0.2, 0.25) is 5.89 Å². The summed E-state index contributed by atoms with van der Waals surface area (Å²) < 4.78 is 6.08. The second-order valence-electron chi connectivity index (χ2n) is 2.88. The average molecular weight is 323 g/mol. The Kier molecular flexibility index (Phi) is 3.68. The monoisotopic (exact) mass is 321 g/mol. The Hall–Kier alpha value is -0.780. The van der Waals surface area contributed by atoms with Crippen molar-refractivity contribution in [3.8, 4) is 0 Å². The number of halogens is 3. The van der Waals surface area contributed by atoms with E-state index in [-0.39, 0.29) is 11.9 Å². The van der Waals surface area contributed by atoms with E-state index in [0.29, 0.717) is 16.6 Å². The highest BCUT2D eigenvalue weighted by Gasteiger charge is 2.07. The summed E-state index contributed by atoms with van der Waals surface area (Å²) in [5, 5.41) is 10.9. The maximum atomic E-state index is 6.01. The van der Waals surface area contributed by atoms with E-state index in [1.165, 1.54) is 0 Å². The van der Waals surface area contributed by atoms with E-state index >= 15 is 0 Å². The van der Waals surface area contributed by atoms with Gasteiger partial charge in [0, 0.05) is 4.47 Å². The van der Waals surface area contributed by atoms with Crippen molar-refractivity contribution >= 4 is 50.8 Å². The predicted molar refractivity (Wildman–Crippen MR) is 66.3 cm³/mol. The molecule has 1 N–H and O–H groups in total. The first kappa shape index (κ1) is 11.7. The van der Waals surface area contributed by atoms with E-state index in [2.05, 4.69) is 31.4 Å². The van der Waals surface area contributed by atoms with E-state index < -0.39 is 0 Å². The summed E-state index contributed by atoms with van der Waals surface area (Å²) >= 11 is 14.9. The number of hydrogen-bond acceptors (Lipinski definition) is 4. The number of rotatable bonds is 3. The van der Waals surface area contributed by atoms with Gasteiger partial charge in [0.1, 0.15) is 5.88 Å². The fourth-order valence-electron chi connectivity index (χ4n) is 1.06. The Morgan fingerprint density at radius 2 is 2.19 bits per heavy atom. The average Bonchev–Trinajstić information content (AvgIpc) is 2.70. The van der Waals surface area contributed by atoms with Crippen LogP contribution >= 0.6 is 39.1 Å². The molecule has 1 heterocycles. The Morgan fingerprint density at radius 1 is 1.38 bits per heavy atom. The van der Waals surface area contributed by atoms with Crippen molar-refractivity contribution in [2.24, 2.45) is 0 Å². The maximum Gasteiger partial charge on any atom is 0.320 e. The molecule has 84 valence electrons. The smallest absolute Gasteiger partial charge is 0.320 e. The van der Waals surface area contributed by atoms with Crippen molar-refractivity contribution < 1.29 is 4.42 Å². The lowest BCUT2D eigenvalue weighted by Crippen LogP contribution is -1.91. The zero-order chi connectivity index (χ0) is 11.5. The molecule has 2 rings (SSSR count). The Balaban J connectivity index is 2.20. The van der Waals surface area contributed by atoms with E-state index in [1.807, 2.05) is 6.07 Å². The van der Waals surface area contributed by atoms with Gasteiger partial charge < -0.3 is 9.73 Å². The minimum Gasteiger partial charge on any atom is -0.407 e. The molecule has 0 atom stereocenters. The maximum absolute atomic E-state index is 6.01. The highest BCUT2D eigenvalue weighted by atomic mass is 79.9. The first-order chi connectivity index (χ1) is 7.69. The standard InChI is InChI=1S/C9H6BrCl2N3O/c10-5-1-2-7(6(12)3-5)13-9-15-14-8(4-11)16-9/h1-3H,4H2,(H,13,15). The topological polar surface area (TPSA) is 51.0 Å². The van der Waals surface area contributed by atoms with E-state index in [0.717, 1.165) is 4.47 Å². The number of nitrogens with one attached hydrogen (secondary N) is 1. The van der Waals surface area contributed by atoms with Gasteiger partial charge in [-0.15, -0.1) is 16.7 Å². The first-order valence-corrected chi connectivity index (χ1v) is 6.00. The Labute approximate surface area is 110 Å². The number of nitrogens with zero attached hydrogens (tertiary/aromatic N) is 2.